The van der Waals surface area contributed by atoms with Crippen molar-refractivity contribution in [3.05, 3.63) is 40.7 Å². The number of aromatic nitrogens is 1. The van der Waals surface area contributed by atoms with Gasteiger partial charge in [0.15, 0.2) is 0 Å². The molecule has 0 aliphatic carbocycles. The molecule has 0 fully saturated rings. The molecule has 0 aromatic carbocycles. The van der Waals surface area contributed by atoms with E-state index in [-0.39, 0.29) is 0 Å². The van der Waals surface area contributed by atoms with E-state index < -0.39 is 0 Å². The Balaban J connectivity index is 2.74. The minimum atomic E-state index is 0.837. The number of hydrogen-bond donors (Lipinski definition) is 1. The lowest BCUT2D eigenvalue weighted by Crippen LogP contribution is -2.08. The largest absolute Gasteiger partial charge is 0.318 e. The summed E-state index contributed by atoms with van der Waals surface area (Å²) >= 11 is 6.23. The van der Waals surface area contributed by atoms with Gasteiger partial charge in [-0.3, -0.25) is 0 Å². The van der Waals surface area contributed by atoms with Crippen LogP contribution in [-0.2, 0) is 6.54 Å². The molecule has 0 aliphatic heterocycles. The summed E-state index contributed by atoms with van der Waals surface area (Å²) in [4.78, 5) is 0. The van der Waals surface area contributed by atoms with Crippen LogP contribution in [0.2, 0.25) is 5.02 Å². The average Bonchev–Trinajstić information content (AvgIpc) is 2.45. The van der Waals surface area contributed by atoms with E-state index in [4.69, 9.17) is 11.6 Å². The molecule has 0 saturated carbocycles. The fraction of sp³-hybridized carbons (Fsp3) is 0.273. The van der Waals surface area contributed by atoms with Gasteiger partial charge in [-0.25, -0.2) is 0 Å². The van der Waals surface area contributed by atoms with E-state index in [1.807, 2.05) is 31.4 Å². The molecular weight excluding hydrogens is 196 g/mol. The highest BCUT2D eigenvalue weighted by atomic mass is 35.5. The third-order valence-corrected chi connectivity index (χ3v) is 2.96. The molecule has 0 amide bonds. The minimum absolute atomic E-state index is 0.837. The van der Waals surface area contributed by atoms with Gasteiger partial charge in [0.1, 0.15) is 0 Å². The van der Waals surface area contributed by atoms with Crippen LogP contribution in [0, 0.1) is 6.92 Å². The second kappa shape index (κ2) is 3.64. The fourth-order valence-corrected chi connectivity index (χ4v) is 2.01. The molecule has 0 atom stereocenters. The van der Waals surface area contributed by atoms with Crippen molar-refractivity contribution < 1.29 is 0 Å². The lowest BCUT2D eigenvalue weighted by atomic mass is 10.2. The molecule has 2 heterocycles. The first-order valence-corrected chi connectivity index (χ1v) is 5.02. The monoisotopic (exact) mass is 208 g/mol. The molecular formula is C11H13ClN2. The van der Waals surface area contributed by atoms with E-state index in [0.717, 1.165) is 22.6 Å². The molecule has 0 spiro atoms. The Morgan fingerprint density at radius 1 is 1.43 bits per heavy atom. The van der Waals surface area contributed by atoms with E-state index in [1.165, 1.54) is 5.69 Å². The third-order valence-electron chi connectivity index (χ3n) is 2.48. The Bertz CT molecular complexity index is 460. The molecule has 0 bridgehead atoms. The summed E-state index contributed by atoms with van der Waals surface area (Å²) in [5.41, 5.74) is 3.47. The van der Waals surface area contributed by atoms with Crippen molar-refractivity contribution in [1.82, 2.24) is 9.72 Å². The maximum atomic E-state index is 6.23. The van der Waals surface area contributed by atoms with E-state index in [9.17, 15) is 0 Å². The van der Waals surface area contributed by atoms with E-state index in [1.54, 1.807) is 0 Å². The number of halogens is 1. The van der Waals surface area contributed by atoms with Crippen molar-refractivity contribution in [3.63, 3.8) is 0 Å². The number of fused-ring (bicyclic) bond motifs is 1. The zero-order chi connectivity index (χ0) is 10.1. The minimum Gasteiger partial charge on any atom is -0.318 e. The van der Waals surface area contributed by atoms with Crippen LogP contribution in [0.3, 0.4) is 0 Å². The number of hydrogen-bond acceptors (Lipinski definition) is 1. The molecule has 0 aliphatic rings. The molecule has 2 rings (SSSR count). The lowest BCUT2D eigenvalue weighted by Gasteiger charge is -2.02. The molecule has 0 radical (unpaired) electrons. The molecule has 1 N–H and O–H groups in total. The highest BCUT2D eigenvalue weighted by Crippen LogP contribution is 2.27. The van der Waals surface area contributed by atoms with Gasteiger partial charge in [0.2, 0.25) is 0 Å². The van der Waals surface area contributed by atoms with E-state index >= 15 is 0 Å². The number of pyridine rings is 1. The van der Waals surface area contributed by atoms with E-state index in [2.05, 4.69) is 16.6 Å². The summed E-state index contributed by atoms with van der Waals surface area (Å²) in [6.07, 6.45) is 2.04. The van der Waals surface area contributed by atoms with Crippen molar-refractivity contribution in [2.75, 3.05) is 7.05 Å². The Kier molecular flexibility index (Phi) is 2.48. The standard InChI is InChI=1S/C11H13ClN2/c1-8-10(7-13-2)14-6-4-3-5-9(14)11(8)12/h3-6,13H,7H2,1-2H3. The highest BCUT2D eigenvalue weighted by molar-refractivity contribution is 6.34. The predicted molar refractivity (Wildman–Crippen MR) is 59.9 cm³/mol. The van der Waals surface area contributed by atoms with Gasteiger partial charge < -0.3 is 9.72 Å². The topological polar surface area (TPSA) is 16.4 Å². The van der Waals surface area contributed by atoms with Crippen LogP contribution in [0.4, 0.5) is 0 Å². The Morgan fingerprint density at radius 3 is 2.93 bits per heavy atom. The zero-order valence-corrected chi connectivity index (χ0v) is 9.10. The summed E-state index contributed by atoms with van der Waals surface area (Å²) in [5, 5.41) is 4.01. The van der Waals surface area contributed by atoms with Crippen LogP contribution in [0.15, 0.2) is 24.4 Å². The van der Waals surface area contributed by atoms with Crippen LogP contribution in [0.1, 0.15) is 11.3 Å². The molecule has 3 heteroatoms. The number of rotatable bonds is 2. The van der Waals surface area contributed by atoms with Gasteiger partial charge in [0, 0.05) is 18.4 Å². The molecule has 2 aromatic heterocycles. The van der Waals surface area contributed by atoms with Crippen molar-refractivity contribution in [1.29, 1.82) is 0 Å². The van der Waals surface area contributed by atoms with Gasteiger partial charge in [-0.2, -0.15) is 0 Å². The van der Waals surface area contributed by atoms with Crippen LogP contribution < -0.4 is 5.32 Å². The zero-order valence-electron chi connectivity index (χ0n) is 8.34. The summed E-state index contributed by atoms with van der Waals surface area (Å²) < 4.78 is 2.13. The third kappa shape index (κ3) is 1.31. The normalized spacial score (nSPS) is 11.1. The first-order valence-electron chi connectivity index (χ1n) is 4.64. The van der Waals surface area contributed by atoms with Gasteiger partial charge in [0.25, 0.3) is 0 Å². The van der Waals surface area contributed by atoms with Gasteiger partial charge in [-0.1, -0.05) is 17.7 Å². The van der Waals surface area contributed by atoms with Crippen molar-refractivity contribution in [3.8, 4) is 0 Å². The molecule has 14 heavy (non-hydrogen) atoms. The highest BCUT2D eigenvalue weighted by Gasteiger charge is 2.11. The average molecular weight is 209 g/mol. The van der Waals surface area contributed by atoms with Crippen LogP contribution in [0.25, 0.3) is 5.52 Å². The second-order valence-electron chi connectivity index (χ2n) is 3.37. The van der Waals surface area contributed by atoms with Gasteiger partial charge in [-0.05, 0) is 31.7 Å². The molecule has 0 unspecified atom stereocenters. The molecule has 0 saturated heterocycles. The Morgan fingerprint density at radius 2 is 2.21 bits per heavy atom. The van der Waals surface area contributed by atoms with Crippen molar-refractivity contribution >= 4 is 17.1 Å². The van der Waals surface area contributed by atoms with Gasteiger partial charge >= 0.3 is 0 Å². The second-order valence-corrected chi connectivity index (χ2v) is 3.75. The van der Waals surface area contributed by atoms with Gasteiger partial charge in [-0.15, -0.1) is 0 Å². The summed E-state index contributed by atoms with van der Waals surface area (Å²) in [7, 11) is 1.94. The Labute approximate surface area is 88.5 Å². The smallest absolute Gasteiger partial charge is 0.0693 e. The first-order chi connectivity index (χ1) is 6.75. The first kappa shape index (κ1) is 9.56. The number of nitrogens with one attached hydrogen (secondary N) is 1. The summed E-state index contributed by atoms with van der Waals surface area (Å²) in [6, 6.07) is 6.06. The van der Waals surface area contributed by atoms with Crippen LogP contribution in [-0.4, -0.2) is 11.4 Å². The summed E-state index contributed by atoms with van der Waals surface area (Å²) in [5.74, 6) is 0. The van der Waals surface area contributed by atoms with Crippen LogP contribution in [0.5, 0.6) is 0 Å². The van der Waals surface area contributed by atoms with Crippen LogP contribution >= 0.6 is 11.6 Å². The maximum absolute atomic E-state index is 6.23. The molecule has 2 aromatic rings. The van der Waals surface area contributed by atoms with Gasteiger partial charge in [0.05, 0.1) is 10.5 Å². The summed E-state index contributed by atoms with van der Waals surface area (Å²) in [6.45, 7) is 2.89. The molecule has 2 nitrogen and oxygen atoms in total. The fourth-order valence-electron chi connectivity index (χ4n) is 1.74. The quantitative estimate of drug-likeness (QED) is 0.803. The van der Waals surface area contributed by atoms with Crippen molar-refractivity contribution in [2.24, 2.45) is 0 Å². The Hall–Kier alpha value is -0.990. The predicted octanol–water partition coefficient (Wildman–Crippen LogP) is 2.62. The SMILES string of the molecule is CNCc1c(C)c(Cl)c2ccccn12. The lowest BCUT2D eigenvalue weighted by molar-refractivity contribution is 0.777. The number of nitrogens with zero attached hydrogens (tertiary/aromatic N) is 1. The van der Waals surface area contributed by atoms with E-state index in [0.29, 0.717) is 0 Å². The van der Waals surface area contributed by atoms with Crippen molar-refractivity contribution in [2.45, 2.75) is 13.5 Å². The molecule has 74 valence electrons. The maximum Gasteiger partial charge on any atom is 0.0693 e.